The van der Waals surface area contributed by atoms with Gasteiger partial charge in [-0.05, 0) is 29.0 Å². The highest BCUT2D eigenvalue weighted by molar-refractivity contribution is 5.88. The third kappa shape index (κ3) is 2.97. The number of phenols is 2. The average Bonchev–Trinajstić information content (AvgIpc) is 2.90. The molecule has 1 heterocycles. The minimum absolute atomic E-state index is 0.0990. The zero-order valence-corrected chi connectivity index (χ0v) is 15.6. The van der Waals surface area contributed by atoms with Gasteiger partial charge in [-0.2, -0.15) is 0 Å². The van der Waals surface area contributed by atoms with E-state index in [1.165, 1.54) is 0 Å². The van der Waals surface area contributed by atoms with Gasteiger partial charge in [-0.3, -0.25) is 0 Å². The van der Waals surface area contributed by atoms with Crippen LogP contribution in [-0.2, 0) is 10.8 Å². The molecule has 3 aromatic rings. The summed E-state index contributed by atoms with van der Waals surface area (Å²) in [7, 11) is 0. The second-order valence-corrected chi connectivity index (χ2v) is 8.53. The van der Waals surface area contributed by atoms with Crippen molar-refractivity contribution in [2.45, 2.75) is 52.4 Å². The lowest BCUT2D eigenvalue weighted by Gasteiger charge is -2.25. The second-order valence-electron chi connectivity index (χ2n) is 8.53. The molecule has 0 atom stereocenters. The minimum atomic E-state index is -0.230. The van der Waals surface area contributed by atoms with Crippen molar-refractivity contribution >= 4 is 11.1 Å². The SMILES string of the molecule is CC(C)(C)c1cc(C(C)(C)C)c2oc(-c3ccccc3O)nc2c1O. The van der Waals surface area contributed by atoms with E-state index >= 15 is 0 Å². The molecule has 1 aromatic heterocycles. The van der Waals surface area contributed by atoms with Gasteiger partial charge in [0, 0.05) is 11.1 Å². The normalized spacial score (nSPS) is 12.7. The third-order valence-electron chi connectivity index (χ3n) is 4.39. The van der Waals surface area contributed by atoms with Crippen molar-refractivity contribution in [3.05, 3.63) is 41.5 Å². The van der Waals surface area contributed by atoms with Crippen molar-refractivity contribution in [3.63, 3.8) is 0 Å². The average molecular weight is 339 g/mol. The van der Waals surface area contributed by atoms with Crippen LogP contribution in [0.15, 0.2) is 34.7 Å². The van der Waals surface area contributed by atoms with Crippen LogP contribution in [0.25, 0.3) is 22.6 Å². The van der Waals surface area contributed by atoms with Crippen LogP contribution < -0.4 is 0 Å². The molecule has 2 aromatic carbocycles. The van der Waals surface area contributed by atoms with Gasteiger partial charge in [-0.25, -0.2) is 4.98 Å². The maximum absolute atomic E-state index is 10.8. The van der Waals surface area contributed by atoms with E-state index in [-0.39, 0.29) is 22.3 Å². The monoisotopic (exact) mass is 339 g/mol. The van der Waals surface area contributed by atoms with E-state index < -0.39 is 0 Å². The molecule has 2 N–H and O–H groups in total. The van der Waals surface area contributed by atoms with E-state index in [4.69, 9.17) is 4.42 Å². The third-order valence-corrected chi connectivity index (χ3v) is 4.39. The molecule has 0 saturated heterocycles. The van der Waals surface area contributed by atoms with Crippen molar-refractivity contribution in [3.8, 4) is 23.0 Å². The maximum atomic E-state index is 10.8. The number of hydrogen-bond donors (Lipinski definition) is 2. The molecule has 0 fully saturated rings. The van der Waals surface area contributed by atoms with E-state index in [9.17, 15) is 10.2 Å². The fourth-order valence-corrected chi connectivity index (χ4v) is 2.97. The smallest absolute Gasteiger partial charge is 0.231 e. The topological polar surface area (TPSA) is 66.5 Å². The van der Waals surface area contributed by atoms with E-state index in [0.717, 1.165) is 11.1 Å². The van der Waals surface area contributed by atoms with Crippen molar-refractivity contribution < 1.29 is 14.6 Å². The van der Waals surface area contributed by atoms with E-state index in [1.807, 2.05) is 12.1 Å². The maximum Gasteiger partial charge on any atom is 0.231 e. The van der Waals surface area contributed by atoms with Gasteiger partial charge in [0.25, 0.3) is 0 Å². The molecule has 3 rings (SSSR count). The first-order chi connectivity index (χ1) is 11.5. The van der Waals surface area contributed by atoms with Crippen LogP contribution in [-0.4, -0.2) is 15.2 Å². The molecule has 0 aliphatic heterocycles. The molecule has 0 spiro atoms. The molecule has 4 nitrogen and oxygen atoms in total. The van der Waals surface area contributed by atoms with E-state index in [1.54, 1.807) is 18.2 Å². The molecule has 0 radical (unpaired) electrons. The summed E-state index contributed by atoms with van der Waals surface area (Å²) in [6, 6.07) is 8.91. The summed E-state index contributed by atoms with van der Waals surface area (Å²) in [6.45, 7) is 12.5. The van der Waals surface area contributed by atoms with Gasteiger partial charge in [-0.15, -0.1) is 0 Å². The molecule has 0 unspecified atom stereocenters. The molecular weight excluding hydrogens is 314 g/mol. The van der Waals surface area contributed by atoms with Gasteiger partial charge in [0.1, 0.15) is 11.5 Å². The fourth-order valence-electron chi connectivity index (χ4n) is 2.97. The molecule has 0 amide bonds. The lowest BCUT2D eigenvalue weighted by molar-refractivity contribution is 0.449. The quantitative estimate of drug-likeness (QED) is 0.614. The molecule has 0 aliphatic carbocycles. The van der Waals surface area contributed by atoms with E-state index in [0.29, 0.717) is 22.6 Å². The van der Waals surface area contributed by atoms with Gasteiger partial charge in [-0.1, -0.05) is 53.7 Å². The van der Waals surface area contributed by atoms with Crippen molar-refractivity contribution in [2.24, 2.45) is 0 Å². The number of oxazole rings is 1. The van der Waals surface area contributed by atoms with Crippen molar-refractivity contribution in [2.75, 3.05) is 0 Å². The van der Waals surface area contributed by atoms with Crippen LogP contribution in [0, 0.1) is 0 Å². The summed E-state index contributed by atoms with van der Waals surface area (Å²) >= 11 is 0. The first kappa shape index (κ1) is 17.3. The number of benzene rings is 2. The van der Waals surface area contributed by atoms with Gasteiger partial charge < -0.3 is 14.6 Å². The first-order valence-corrected chi connectivity index (χ1v) is 8.46. The lowest BCUT2D eigenvalue weighted by atomic mass is 9.79. The fraction of sp³-hybridized carbons (Fsp3) is 0.381. The standard InChI is InChI=1S/C21H25NO3/c1-20(2,3)13-11-14(21(4,5)6)18-16(17(13)24)22-19(25-18)12-9-7-8-10-15(12)23/h7-11,23-24H,1-6H3. The number of fused-ring (bicyclic) bond motifs is 1. The molecule has 0 aliphatic rings. The van der Waals surface area contributed by atoms with Crippen molar-refractivity contribution in [1.82, 2.24) is 4.98 Å². The number of rotatable bonds is 1. The molecule has 0 saturated carbocycles. The summed E-state index contributed by atoms with van der Waals surface area (Å²) in [4.78, 5) is 4.51. The Hall–Kier alpha value is -2.49. The van der Waals surface area contributed by atoms with Gasteiger partial charge in [0.15, 0.2) is 11.1 Å². The Balaban J connectivity index is 2.38. The van der Waals surface area contributed by atoms with Crippen LogP contribution >= 0.6 is 0 Å². The summed E-state index contributed by atoms with van der Waals surface area (Å²) < 4.78 is 6.01. The zero-order chi connectivity index (χ0) is 18.6. The number of para-hydroxylation sites is 1. The second kappa shape index (κ2) is 5.51. The predicted octanol–water partition coefficient (Wildman–Crippen LogP) is 5.50. The Morgan fingerprint density at radius 2 is 1.48 bits per heavy atom. The number of aromatic nitrogens is 1. The van der Waals surface area contributed by atoms with Crippen LogP contribution in [0.2, 0.25) is 0 Å². The lowest BCUT2D eigenvalue weighted by Crippen LogP contribution is -2.16. The summed E-state index contributed by atoms with van der Waals surface area (Å²) in [5, 5.41) is 20.9. The van der Waals surface area contributed by atoms with Gasteiger partial charge >= 0.3 is 0 Å². The number of nitrogens with zero attached hydrogens (tertiary/aromatic N) is 1. The van der Waals surface area contributed by atoms with Crippen molar-refractivity contribution in [1.29, 1.82) is 0 Å². The molecule has 132 valence electrons. The molecule has 0 bridgehead atoms. The molecule has 25 heavy (non-hydrogen) atoms. The Labute approximate surface area is 148 Å². The van der Waals surface area contributed by atoms with Gasteiger partial charge in [0.05, 0.1) is 5.56 Å². The largest absolute Gasteiger partial charge is 0.507 e. The molecule has 4 heteroatoms. The zero-order valence-electron chi connectivity index (χ0n) is 15.6. The summed E-state index contributed by atoms with van der Waals surface area (Å²) in [5.41, 5.74) is 2.93. The first-order valence-electron chi connectivity index (χ1n) is 8.46. The number of aromatic hydroxyl groups is 2. The highest BCUT2D eigenvalue weighted by Crippen LogP contribution is 2.43. The molecular formula is C21H25NO3. The Bertz CT molecular complexity index is 940. The number of phenolic OH excluding ortho intramolecular Hbond substituents is 2. The Kier molecular flexibility index (Phi) is 3.82. The summed E-state index contributed by atoms with van der Waals surface area (Å²) in [5.74, 6) is 0.544. The predicted molar refractivity (Wildman–Crippen MR) is 100 cm³/mol. The highest BCUT2D eigenvalue weighted by atomic mass is 16.4. The van der Waals surface area contributed by atoms with Crippen LogP contribution in [0.4, 0.5) is 0 Å². The highest BCUT2D eigenvalue weighted by Gasteiger charge is 2.29. The number of hydrogen-bond acceptors (Lipinski definition) is 4. The van der Waals surface area contributed by atoms with E-state index in [2.05, 4.69) is 46.5 Å². The minimum Gasteiger partial charge on any atom is -0.507 e. The Morgan fingerprint density at radius 3 is 2.04 bits per heavy atom. The van der Waals surface area contributed by atoms with Crippen LogP contribution in [0.3, 0.4) is 0 Å². The van der Waals surface area contributed by atoms with Gasteiger partial charge in [0.2, 0.25) is 5.89 Å². The Morgan fingerprint density at radius 1 is 0.880 bits per heavy atom. The van der Waals surface area contributed by atoms with Crippen LogP contribution in [0.1, 0.15) is 52.7 Å². The van der Waals surface area contributed by atoms with Crippen LogP contribution in [0.5, 0.6) is 11.5 Å². The summed E-state index contributed by atoms with van der Waals surface area (Å²) in [6.07, 6.45) is 0.